The SMILES string of the molecule is CC(=O)Nc1ccc(C(=O)Nc2cccc(-c3ccc(N4CCCC4)nn3)c2)cc1. The zero-order valence-corrected chi connectivity index (χ0v) is 16.8. The van der Waals surface area contributed by atoms with Crippen molar-refractivity contribution in [3.63, 3.8) is 0 Å². The minimum Gasteiger partial charge on any atom is -0.355 e. The van der Waals surface area contributed by atoms with E-state index in [2.05, 4.69) is 25.7 Å². The molecule has 0 saturated carbocycles. The molecule has 2 heterocycles. The molecule has 152 valence electrons. The van der Waals surface area contributed by atoms with Crippen molar-refractivity contribution in [2.75, 3.05) is 28.6 Å². The summed E-state index contributed by atoms with van der Waals surface area (Å²) in [5.41, 5.74) is 3.47. The van der Waals surface area contributed by atoms with E-state index in [0.29, 0.717) is 16.9 Å². The van der Waals surface area contributed by atoms with Gasteiger partial charge in [-0.25, -0.2) is 0 Å². The van der Waals surface area contributed by atoms with Crippen LogP contribution < -0.4 is 15.5 Å². The van der Waals surface area contributed by atoms with Crippen molar-refractivity contribution in [1.82, 2.24) is 10.2 Å². The molecular formula is C23H23N5O2. The Morgan fingerprint density at radius 3 is 2.30 bits per heavy atom. The Bertz CT molecular complexity index is 1040. The summed E-state index contributed by atoms with van der Waals surface area (Å²) in [4.78, 5) is 25.9. The number of nitrogens with one attached hydrogen (secondary N) is 2. The maximum Gasteiger partial charge on any atom is 0.255 e. The van der Waals surface area contributed by atoms with Gasteiger partial charge < -0.3 is 15.5 Å². The van der Waals surface area contributed by atoms with Gasteiger partial charge in [-0.2, -0.15) is 0 Å². The second-order valence-electron chi connectivity index (χ2n) is 7.26. The molecule has 1 aromatic heterocycles. The highest BCUT2D eigenvalue weighted by Gasteiger charge is 2.14. The quantitative estimate of drug-likeness (QED) is 0.676. The lowest BCUT2D eigenvalue weighted by molar-refractivity contribution is -0.114. The number of aromatic nitrogens is 2. The van der Waals surface area contributed by atoms with Crippen LogP contribution in [0.3, 0.4) is 0 Å². The van der Waals surface area contributed by atoms with Crippen molar-refractivity contribution in [2.45, 2.75) is 19.8 Å². The molecular weight excluding hydrogens is 378 g/mol. The zero-order valence-electron chi connectivity index (χ0n) is 16.8. The standard InChI is InChI=1S/C23H23N5O2/c1-16(29)24-19-9-7-17(8-10-19)23(30)25-20-6-4-5-18(15-20)21-11-12-22(27-26-21)28-13-2-3-14-28/h4-12,15H,2-3,13-14H2,1H3,(H,24,29)(H,25,30). The molecule has 1 aliphatic heterocycles. The first-order valence-electron chi connectivity index (χ1n) is 9.96. The monoisotopic (exact) mass is 401 g/mol. The first-order valence-corrected chi connectivity index (χ1v) is 9.96. The van der Waals surface area contributed by atoms with Crippen LogP contribution in [0.15, 0.2) is 60.7 Å². The highest BCUT2D eigenvalue weighted by atomic mass is 16.2. The summed E-state index contributed by atoms with van der Waals surface area (Å²) in [5, 5.41) is 14.3. The summed E-state index contributed by atoms with van der Waals surface area (Å²) in [6.45, 7) is 3.50. The lowest BCUT2D eigenvalue weighted by Crippen LogP contribution is -2.19. The van der Waals surface area contributed by atoms with Crippen LogP contribution in [0.4, 0.5) is 17.2 Å². The van der Waals surface area contributed by atoms with E-state index in [-0.39, 0.29) is 11.8 Å². The molecule has 7 heteroatoms. The molecule has 1 aliphatic rings. The van der Waals surface area contributed by atoms with Gasteiger partial charge in [0.2, 0.25) is 5.91 Å². The Hall–Kier alpha value is -3.74. The number of rotatable bonds is 5. The van der Waals surface area contributed by atoms with Gasteiger partial charge >= 0.3 is 0 Å². The van der Waals surface area contributed by atoms with Gasteiger partial charge in [-0.15, -0.1) is 10.2 Å². The van der Waals surface area contributed by atoms with Gasteiger partial charge in [0, 0.05) is 42.5 Å². The molecule has 0 atom stereocenters. The van der Waals surface area contributed by atoms with Crippen LogP contribution in [0.2, 0.25) is 0 Å². The topological polar surface area (TPSA) is 87.2 Å². The number of amides is 2. The van der Waals surface area contributed by atoms with Gasteiger partial charge in [0.25, 0.3) is 5.91 Å². The fourth-order valence-corrected chi connectivity index (χ4v) is 3.46. The van der Waals surface area contributed by atoms with Crippen molar-refractivity contribution < 1.29 is 9.59 Å². The van der Waals surface area contributed by atoms with Crippen molar-refractivity contribution in [3.8, 4) is 11.3 Å². The zero-order chi connectivity index (χ0) is 20.9. The Labute approximate surface area is 175 Å². The van der Waals surface area contributed by atoms with E-state index >= 15 is 0 Å². The highest BCUT2D eigenvalue weighted by molar-refractivity contribution is 6.04. The summed E-state index contributed by atoms with van der Waals surface area (Å²) in [6, 6.07) is 18.2. The van der Waals surface area contributed by atoms with E-state index in [1.807, 2.05) is 36.4 Å². The Balaban J connectivity index is 1.45. The maximum absolute atomic E-state index is 12.6. The van der Waals surface area contributed by atoms with E-state index in [1.54, 1.807) is 24.3 Å². The molecule has 0 spiro atoms. The van der Waals surface area contributed by atoms with Crippen LogP contribution in [0.1, 0.15) is 30.1 Å². The van der Waals surface area contributed by atoms with Gasteiger partial charge in [0.1, 0.15) is 0 Å². The van der Waals surface area contributed by atoms with Gasteiger partial charge in [0.05, 0.1) is 5.69 Å². The molecule has 2 aromatic carbocycles. The van der Waals surface area contributed by atoms with Gasteiger partial charge in [-0.3, -0.25) is 9.59 Å². The molecule has 4 rings (SSSR count). The predicted molar refractivity (Wildman–Crippen MR) is 118 cm³/mol. The third-order valence-electron chi connectivity index (χ3n) is 4.96. The average Bonchev–Trinajstić information content (AvgIpc) is 3.29. The molecule has 3 aromatic rings. The second kappa shape index (κ2) is 8.73. The van der Waals surface area contributed by atoms with Gasteiger partial charge in [-0.05, 0) is 61.4 Å². The summed E-state index contributed by atoms with van der Waals surface area (Å²) >= 11 is 0. The van der Waals surface area contributed by atoms with Crippen LogP contribution in [-0.2, 0) is 4.79 Å². The minimum absolute atomic E-state index is 0.152. The molecule has 2 N–H and O–H groups in total. The lowest BCUT2D eigenvalue weighted by atomic mass is 10.1. The van der Waals surface area contributed by atoms with Crippen LogP contribution >= 0.6 is 0 Å². The van der Waals surface area contributed by atoms with Crippen LogP contribution in [0.5, 0.6) is 0 Å². The van der Waals surface area contributed by atoms with E-state index in [1.165, 1.54) is 19.8 Å². The average molecular weight is 401 g/mol. The molecule has 1 fully saturated rings. The molecule has 1 saturated heterocycles. The normalized spacial score (nSPS) is 13.2. The van der Waals surface area contributed by atoms with Crippen LogP contribution in [0.25, 0.3) is 11.3 Å². The Morgan fingerprint density at radius 1 is 0.867 bits per heavy atom. The Morgan fingerprint density at radius 2 is 1.63 bits per heavy atom. The number of benzene rings is 2. The van der Waals surface area contributed by atoms with Crippen molar-refractivity contribution in [2.24, 2.45) is 0 Å². The minimum atomic E-state index is -0.225. The molecule has 0 aliphatic carbocycles. The number of hydrogen-bond donors (Lipinski definition) is 2. The van der Waals surface area contributed by atoms with Gasteiger partial charge in [0.15, 0.2) is 5.82 Å². The van der Waals surface area contributed by atoms with Crippen molar-refractivity contribution >= 4 is 29.0 Å². The summed E-state index contributed by atoms with van der Waals surface area (Å²) < 4.78 is 0. The summed E-state index contributed by atoms with van der Waals surface area (Å²) in [6.07, 6.45) is 2.39. The van der Waals surface area contributed by atoms with E-state index in [4.69, 9.17) is 0 Å². The molecule has 0 unspecified atom stereocenters. The number of carbonyl (C=O) groups is 2. The summed E-state index contributed by atoms with van der Waals surface area (Å²) in [5.74, 6) is 0.529. The fourth-order valence-electron chi connectivity index (χ4n) is 3.46. The highest BCUT2D eigenvalue weighted by Crippen LogP contribution is 2.23. The summed E-state index contributed by atoms with van der Waals surface area (Å²) in [7, 11) is 0. The van der Waals surface area contributed by atoms with E-state index < -0.39 is 0 Å². The Kier molecular flexibility index (Phi) is 5.70. The van der Waals surface area contributed by atoms with Gasteiger partial charge in [-0.1, -0.05) is 12.1 Å². The van der Waals surface area contributed by atoms with E-state index in [0.717, 1.165) is 30.2 Å². The molecule has 30 heavy (non-hydrogen) atoms. The molecule has 2 amide bonds. The first kappa shape index (κ1) is 19.6. The third kappa shape index (κ3) is 4.63. The second-order valence-corrected chi connectivity index (χ2v) is 7.26. The number of anilines is 3. The molecule has 7 nitrogen and oxygen atoms in total. The number of carbonyl (C=O) groups excluding carboxylic acids is 2. The molecule has 0 bridgehead atoms. The lowest BCUT2D eigenvalue weighted by Gasteiger charge is -2.15. The van der Waals surface area contributed by atoms with E-state index in [9.17, 15) is 9.59 Å². The first-order chi connectivity index (χ1) is 14.6. The fraction of sp³-hybridized carbons (Fsp3) is 0.217. The van der Waals surface area contributed by atoms with Crippen LogP contribution in [-0.4, -0.2) is 35.1 Å². The third-order valence-corrected chi connectivity index (χ3v) is 4.96. The predicted octanol–water partition coefficient (Wildman–Crippen LogP) is 3.95. The van der Waals surface area contributed by atoms with Crippen molar-refractivity contribution in [3.05, 3.63) is 66.2 Å². The molecule has 0 radical (unpaired) electrons. The maximum atomic E-state index is 12.6. The smallest absolute Gasteiger partial charge is 0.255 e. The van der Waals surface area contributed by atoms with Crippen molar-refractivity contribution in [1.29, 1.82) is 0 Å². The van der Waals surface area contributed by atoms with Crippen LogP contribution in [0, 0.1) is 0 Å². The number of nitrogens with zero attached hydrogens (tertiary/aromatic N) is 3. The largest absolute Gasteiger partial charge is 0.355 e. The number of hydrogen-bond acceptors (Lipinski definition) is 5.